The van der Waals surface area contributed by atoms with Gasteiger partial charge in [-0.15, -0.1) is 0 Å². The first kappa shape index (κ1) is 7.05. The maximum absolute atomic E-state index is 5.56. The molecule has 0 saturated carbocycles. The van der Waals surface area contributed by atoms with E-state index in [0.717, 1.165) is 0 Å². The summed E-state index contributed by atoms with van der Waals surface area (Å²) in [5.74, 6) is 0. The van der Waals surface area contributed by atoms with E-state index in [2.05, 4.69) is 21.1 Å². The molecule has 0 amide bonds. The predicted molar refractivity (Wildman–Crippen MR) is 41.2 cm³/mol. The first-order valence-corrected chi connectivity index (χ1v) is 3.39. The van der Waals surface area contributed by atoms with Gasteiger partial charge in [-0.1, -0.05) is 11.6 Å². The average molecular weight is 210 g/mol. The molecule has 1 atom stereocenters. The minimum Gasteiger partial charge on any atom is -0.292 e. The van der Waals surface area contributed by atoms with Crippen LogP contribution in [0.25, 0.3) is 0 Å². The van der Waals surface area contributed by atoms with Gasteiger partial charge in [-0.05, 0) is 0 Å². The molecule has 9 heavy (non-hydrogen) atoms. The molecule has 0 fully saturated rings. The van der Waals surface area contributed by atoms with Gasteiger partial charge >= 0.3 is 0 Å². The Morgan fingerprint density at radius 1 is 1.89 bits per heavy atom. The molecule has 0 radical (unpaired) electrons. The van der Waals surface area contributed by atoms with Gasteiger partial charge in [0.2, 0.25) is 0 Å². The Bertz CT molecular complexity index is 167. The summed E-state index contributed by atoms with van der Waals surface area (Å²) >= 11 is 8.69. The van der Waals surface area contributed by atoms with Gasteiger partial charge in [-0.2, -0.15) is 0 Å². The highest BCUT2D eigenvalue weighted by Gasteiger charge is 2.08. The van der Waals surface area contributed by atoms with E-state index in [1.165, 1.54) is 6.21 Å². The highest BCUT2D eigenvalue weighted by molar-refractivity contribution is 9.07. The molecule has 0 saturated heterocycles. The molecule has 5 heteroatoms. The Morgan fingerprint density at radius 2 is 2.56 bits per heavy atom. The molecule has 3 nitrogen and oxygen atoms in total. The summed E-state index contributed by atoms with van der Waals surface area (Å²) in [6.45, 7) is 0. The Kier molecular flexibility index (Phi) is 2.10. The molecule has 1 rings (SSSR count). The topological polar surface area (TPSA) is 41.6 Å². The van der Waals surface area contributed by atoms with E-state index in [-0.39, 0.29) is 6.29 Å². The fourth-order valence-corrected chi connectivity index (χ4v) is 1.04. The second kappa shape index (κ2) is 2.68. The summed E-state index contributed by atoms with van der Waals surface area (Å²) in [7, 11) is 0. The number of halogens is 2. The molecular weight excluding hydrogens is 205 g/mol. The van der Waals surface area contributed by atoms with Crippen molar-refractivity contribution in [2.45, 2.75) is 6.29 Å². The highest BCUT2D eigenvalue weighted by Crippen LogP contribution is 2.12. The number of hydrogen-bond donors (Lipinski definition) is 1. The first-order valence-electron chi connectivity index (χ1n) is 2.30. The van der Waals surface area contributed by atoms with E-state index < -0.39 is 0 Å². The quantitative estimate of drug-likeness (QED) is 0.606. The fourth-order valence-electron chi connectivity index (χ4n) is 0.439. The fraction of sp³-hybridized carbons (Fsp3) is 0.250. The summed E-state index contributed by atoms with van der Waals surface area (Å²) in [4.78, 5) is 3.82. The predicted octanol–water partition coefficient (Wildman–Crippen LogP) is 1.01. The lowest BCUT2D eigenvalue weighted by Gasteiger charge is -2.18. The van der Waals surface area contributed by atoms with Crippen LogP contribution < -0.4 is 5.73 Å². The van der Waals surface area contributed by atoms with E-state index in [1.54, 1.807) is 10.1 Å². The van der Waals surface area contributed by atoms with Gasteiger partial charge in [0.15, 0.2) is 6.29 Å². The van der Waals surface area contributed by atoms with Crippen LogP contribution in [0.1, 0.15) is 0 Å². The van der Waals surface area contributed by atoms with Crippen molar-refractivity contribution >= 4 is 34.0 Å². The number of hydrogen-bond acceptors (Lipinski definition) is 3. The zero-order valence-corrected chi connectivity index (χ0v) is 6.80. The lowest BCUT2D eigenvalue weighted by Crippen LogP contribution is -2.31. The van der Waals surface area contributed by atoms with Crippen LogP contribution in [0.2, 0.25) is 0 Å². The molecule has 0 spiro atoms. The summed E-state index contributed by atoms with van der Waals surface area (Å²) in [5.41, 5.74) is 5.42. The van der Waals surface area contributed by atoms with Gasteiger partial charge in [0, 0.05) is 12.4 Å². The first-order chi connectivity index (χ1) is 4.20. The number of allylic oxidation sites excluding steroid dienone is 1. The van der Waals surface area contributed by atoms with E-state index >= 15 is 0 Å². The van der Waals surface area contributed by atoms with Gasteiger partial charge < -0.3 is 0 Å². The summed E-state index contributed by atoms with van der Waals surface area (Å²) in [6, 6.07) is 0. The van der Waals surface area contributed by atoms with Gasteiger partial charge in [-0.25, -0.2) is 0 Å². The van der Waals surface area contributed by atoms with Crippen LogP contribution in [-0.4, -0.2) is 16.4 Å². The van der Waals surface area contributed by atoms with Crippen LogP contribution in [0.4, 0.5) is 0 Å². The number of nitrogens with zero attached hydrogens (tertiary/aromatic N) is 2. The molecule has 1 aliphatic heterocycles. The minimum atomic E-state index is -0.354. The van der Waals surface area contributed by atoms with E-state index in [1.807, 2.05) is 0 Å². The summed E-state index contributed by atoms with van der Waals surface area (Å²) < 4.78 is 1.55. The Morgan fingerprint density at radius 3 is 3.00 bits per heavy atom. The zero-order valence-electron chi connectivity index (χ0n) is 4.46. The van der Waals surface area contributed by atoms with Gasteiger partial charge in [0.25, 0.3) is 0 Å². The highest BCUT2D eigenvalue weighted by atomic mass is 79.9. The molecule has 0 aromatic rings. The Balaban J connectivity index is 2.70. The summed E-state index contributed by atoms with van der Waals surface area (Å²) in [5, 5.41) is 0.563. The minimum absolute atomic E-state index is 0.354. The largest absolute Gasteiger partial charge is 0.292 e. The van der Waals surface area contributed by atoms with Crippen molar-refractivity contribution in [3.8, 4) is 0 Å². The van der Waals surface area contributed by atoms with Crippen molar-refractivity contribution in [3.63, 3.8) is 0 Å². The molecule has 50 valence electrons. The molecule has 1 aliphatic rings. The van der Waals surface area contributed by atoms with E-state index in [0.29, 0.717) is 5.03 Å². The summed E-state index contributed by atoms with van der Waals surface area (Å²) in [6.07, 6.45) is 2.82. The zero-order chi connectivity index (χ0) is 6.85. The lowest BCUT2D eigenvalue weighted by molar-refractivity contribution is 0.481. The van der Waals surface area contributed by atoms with Crippen LogP contribution in [0.5, 0.6) is 0 Å². The number of rotatable bonds is 0. The van der Waals surface area contributed by atoms with Gasteiger partial charge in [0.1, 0.15) is 0 Å². The SMILES string of the molecule is NC1N=CC(Cl)=CN1Br. The Labute approximate surface area is 66.5 Å². The standard InChI is InChI=1S/C4H5BrClN3/c5-9-2-3(6)1-8-4(9)7/h1-2,4H,7H2. The van der Waals surface area contributed by atoms with Crippen molar-refractivity contribution < 1.29 is 0 Å². The monoisotopic (exact) mass is 209 g/mol. The van der Waals surface area contributed by atoms with Crippen LogP contribution in [0.3, 0.4) is 0 Å². The number of nitrogens with two attached hydrogens (primary N) is 1. The molecule has 0 bridgehead atoms. The van der Waals surface area contributed by atoms with Crippen molar-refractivity contribution in [2.24, 2.45) is 10.7 Å². The molecule has 2 N–H and O–H groups in total. The smallest absolute Gasteiger partial charge is 0.182 e. The molecular formula is C4H5BrClN3. The van der Waals surface area contributed by atoms with Crippen molar-refractivity contribution in [3.05, 3.63) is 11.2 Å². The molecule has 1 unspecified atom stereocenters. The second-order valence-corrected chi connectivity index (χ2v) is 2.81. The van der Waals surface area contributed by atoms with Crippen molar-refractivity contribution in [1.82, 2.24) is 3.93 Å². The molecule has 0 aliphatic carbocycles. The van der Waals surface area contributed by atoms with Crippen LogP contribution in [0, 0.1) is 0 Å². The van der Waals surface area contributed by atoms with Crippen LogP contribution in [-0.2, 0) is 0 Å². The normalized spacial score (nSPS) is 26.3. The maximum Gasteiger partial charge on any atom is 0.182 e. The van der Waals surface area contributed by atoms with Crippen LogP contribution in [0.15, 0.2) is 16.2 Å². The van der Waals surface area contributed by atoms with Crippen LogP contribution >= 0.6 is 27.7 Å². The Hall–Kier alpha value is -0.0600. The molecule has 1 heterocycles. The maximum atomic E-state index is 5.56. The van der Waals surface area contributed by atoms with Gasteiger partial charge in [0.05, 0.1) is 21.2 Å². The van der Waals surface area contributed by atoms with E-state index in [9.17, 15) is 0 Å². The number of aliphatic imine (C=N–C) groups is 1. The third-order valence-electron chi connectivity index (χ3n) is 0.850. The van der Waals surface area contributed by atoms with Crippen molar-refractivity contribution in [2.75, 3.05) is 0 Å². The van der Waals surface area contributed by atoms with Crippen molar-refractivity contribution in [1.29, 1.82) is 0 Å². The van der Waals surface area contributed by atoms with E-state index in [4.69, 9.17) is 17.3 Å². The third-order valence-corrected chi connectivity index (χ3v) is 1.67. The molecule has 0 aromatic carbocycles. The average Bonchev–Trinajstić information content (AvgIpc) is 1.80. The van der Waals surface area contributed by atoms with Gasteiger partial charge in [-0.3, -0.25) is 14.7 Å². The third kappa shape index (κ3) is 1.67. The second-order valence-electron chi connectivity index (χ2n) is 1.55. The lowest BCUT2D eigenvalue weighted by atomic mass is 10.6. The molecule has 0 aromatic heterocycles.